The molecule has 0 N–H and O–H groups in total. The molecule has 0 aliphatic rings. The smallest absolute Gasteiger partial charge is 0.397 e. The maximum atomic E-state index is 12.0. The van der Waals surface area contributed by atoms with Gasteiger partial charge in [-0.3, -0.25) is 0 Å². The van der Waals surface area contributed by atoms with Crippen molar-refractivity contribution < 1.29 is 13.3 Å². The van der Waals surface area contributed by atoms with Gasteiger partial charge in [-0.15, -0.1) is 0 Å². The first-order chi connectivity index (χ1) is 10.3. The summed E-state index contributed by atoms with van der Waals surface area (Å²) in [6.07, 6.45) is 3.23. The van der Waals surface area contributed by atoms with Crippen LogP contribution in [0.2, 0.25) is 29.2 Å². The van der Waals surface area contributed by atoms with E-state index >= 15 is 0 Å². The van der Waals surface area contributed by atoms with E-state index in [1.807, 2.05) is 0 Å². The highest BCUT2D eigenvalue weighted by Gasteiger charge is 2.54. The molecular formula is C17H36O3Si2. The lowest BCUT2D eigenvalue weighted by molar-refractivity contribution is -0.131. The standard InChI is InChI=1S/C17H36O3Si2/c1-9-15(7)22(16(8)10-2,19-17(18)11-3)20-21(12-4,13-5)14-6/h11,15-16H,3,9-10,12-14H2,1-2,4-8H3. The highest BCUT2D eigenvalue weighted by molar-refractivity contribution is 6.86. The molecule has 0 spiro atoms. The van der Waals surface area contributed by atoms with Crippen LogP contribution in [0.25, 0.3) is 0 Å². The van der Waals surface area contributed by atoms with Crippen molar-refractivity contribution in [1.29, 1.82) is 0 Å². The van der Waals surface area contributed by atoms with Gasteiger partial charge in [-0.25, -0.2) is 4.79 Å². The second-order valence-electron chi connectivity index (χ2n) is 6.31. The van der Waals surface area contributed by atoms with E-state index in [9.17, 15) is 4.79 Å². The van der Waals surface area contributed by atoms with Crippen LogP contribution in [0.3, 0.4) is 0 Å². The van der Waals surface area contributed by atoms with Gasteiger partial charge in [0.15, 0.2) is 8.32 Å². The van der Waals surface area contributed by atoms with Crippen molar-refractivity contribution in [3.05, 3.63) is 12.7 Å². The van der Waals surface area contributed by atoms with Gasteiger partial charge >= 0.3 is 14.5 Å². The van der Waals surface area contributed by atoms with Crippen LogP contribution in [-0.4, -0.2) is 22.8 Å². The summed E-state index contributed by atoms with van der Waals surface area (Å²) in [7, 11) is -4.48. The fourth-order valence-electron chi connectivity index (χ4n) is 2.98. The first-order valence-electron chi connectivity index (χ1n) is 8.86. The third-order valence-electron chi connectivity index (χ3n) is 5.33. The monoisotopic (exact) mass is 344 g/mol. The van der Waals surface area contributed by atoms with Crippen molar-refractivity contribution in [2.45, 2.75) is 90.5 Å². The Morgan fingerprint density at radius 3 is 1.68 bits per heavy atom. The van der Waals surface area contributed by atoms with Gasteiger partial charge in [0, 0.05) is 17.2 Å². The van der Waals surface area contributed by atoms with Gasteiger partial charge in [0.25, 0.3) is 0 Å². The maximum Gasteiger partial charge on any atom is 0.397 e. The third-order valence-corrected chi connectivity index (χ3v) is 16.3. The predicted octanol–water partition coefficient (Wildman–Crippen LogP) is 5.78. The number of hydrogen-bond acceptors (Lipinski definition) is 3. The van der Waals surface area contributed by atoms with Crippen LogP contribution >= 0.6 is 0 Å². The fraction of sp³-hybridized carbons (Fsp3) is 0.824. The largest absolute Gasteiger partial charge is 0.491 e. The number of rotatable bonds is 11. The summed E-state index contributed by atoms with van der Waals surface area (Å²) in [4.78, 5) is 12.0. The van der Waals surface area contributed by atoms with Crippen molar-refractivity contribution >= 4 is 22.8 Å². The molecule has 0 heterocycles. The Balaban J connectivity index is 5.90. The van der Waals surface area contributed by atoms with Gasteiger partial charge in [-0.1, -0.05) is 67.9 Å². The number of hydrogen-bond donors (Lipinski definition) is 0. The summed E-state index contributed by atoms with van der Waals surface area (Å²) in [5.41, 5.74) is 0.589. The van der Waals surface area contributed by atoms with E-state index in [0.717, 1.165) is 31.0 Å². The second kappa shape index (κ2) is 9.68. The normalized spacial score (nSPS) is 17.4. The molecule has 0 aromatic rings. The molecule has 0 bridgehead atoms. The van der Waals surface area contributed by atoms with E-state index in [1.165, 1.54) is 6.08 Å². The Kier molecular flexibility index (Phi) is 9.50. The Labute approximate surface area is 139 Å². The molecule has 3 nitrogen and oxygen atoms in total. The zero-order chi connectivity index (χ0) is 17.4. The predicted molar refractivity (Wildman–Crippen MR) is 99.8 cm³/mol. The van der Waals surface area contributed by atoms with Crippen molar-refractivity contribution in [2.24, 2.45) is 0 Å². The Morgan fingerprint density at radius 1 is 1.00 bits per heavy atom. The molecule has 0 rings (SSSR count). The molecule has 0 aromatic heterocycles. The van der Waals surface area contributed by atoms with Crippen molar-refractivity contribution in [3.8, 4) is 0 Å². The third kappa shape index (κ3) is 4.80. The summed E-state index contributed by atoms with van der Waals surface area (Å²) >= 11 is 0. The molecule has 2 unspecified atom stereocenters. The summed E-state index contributed by atoms with van der Waals surface area (Å²) in [5.74, 6) is -0.321. The van der Waals surface area contributed by atoms with Crippen LogP contribution in [0.4, 0.5) is 0 Å². The van der Waals surface area contributed by atoms with Crippen LogP contribution in [-0.2, 0) is 13.3 Å². The SMILES string of the molecule is C=CC(=O)O[Si](O[Si](CC)(CC)CC)(C(C)CC)C(C)CC. The summed E-state index contributed by atoms with van der Waals surface area (Å²) in [6.45, 7) is 18.9. The van der Waals surface area contributed by atoms with Gasteiger partial charge < -0.3 is 8.54 Å². The van der Waals surface area contributed by atoms with Crippen LogP contribution in [0.1, 0.15) is 61.3 Å². The lowest BCUT2D eigenvalue weighted by Crippen LogP contribution is -2.58. The lowest BCUT2D eigenvalue weighted by Gasteiger charge is -2.45. The average Bonchev–Trinajstić information content (AvgIpc) is 2.57. The summed E-state index contributed by atoms with van der Waals surface area (Å²) < 4.78 is 13.0. The lowest BCUT2D eigenvalue weighted by atomic mass is 10.4. The van der Waals surface area contributed by atoms with E-state index in [-0.39, 0.29) is 5.97 Å². The molecule has 0 aliphatic carbocycles. The summed E-state index contributed by atoms with van der Waals surface area (Å²) in [5, 5.41) is 0. The Hall–Kier alpha value is -0.396. The number of carbonyl (C=O) groups excluding carboxylic acids is 1. The zero-order valence-electron chi connectivity index (χ0n) is 15.7. The van der Waals surface area contributed by atoms with Gasteiger partial charge in [0.2, 0.25) is 0 Å². The topological polar surface area (TPSA) is 35.5 Å². The van der Waals surface area contributed by atoms with E-state index < -0.39 is 16.9 Å². The highest BCUT2D eigenvalue weighted by atomic mass is 28.4. The van der Waals surface area contributed by atoms with Gasteiger partial charge in [0.05, 0.1) is 0 Å². The Morgan fingerprint density at radius 2 is 1.41 bits per heavy atom. The quantitative estimate of drug-likeness (QED) is 0.352. The molecule has 22 heavy (non-hydrogen) atoms. The Bertz CT molecular complexity index is 336. The zero-order valence-corrected chi connectivity index (χ0v) is 17.7. The first kappa shape index (κ1) is 21.6. The van der Waals surface area contributed by atoms with Gasteiger partial charge in [-0.2, -0.15) is 0 Å². The van der Waals surface area contributed by atoms with Crippen molar-refractivity contribution in [2.75, 3.05) is 0 Å². The van der Waals surface area contributed by atoms with E-state index in [4.69, 9.17) is 8.54 Å². The second-order valence-corrected chi connectivity index (χ2v) is 15.2. The van der Waals surface area contributed by atoms with Crippen LogP contribution < -0.4 is 0 Å². The van der Waals surface area contributed by atoms with E-state index in [0.29, 0.717) is 11.1 Å². The van der Waals surface area contributed by atoms with Gasteiger partial charge in [-0.05, 0) is 18.1 Å². The van der Waals surface area contributed by atoms with Gasteiger partial charge in [0.1, 0.15) is 0 Å². The molecule has 0 saturated carbocycles. The van der Waals surface area contributed by atoms with Crippen LogP contribution in [0, 0.1) is 0 Å². The molecular weight excluding hydrogens is 308 g/mol. The van der Waals surface area contributed by atoms with E-state index in [2.05, 4.69) is 55.0 Å². The maximum absolute atomic E-state index is 12.0. The van der Waals surface area contributed by atoms with Crippen LogP contribution in [0.15, 0.2) is 12.7 Å². The fourth-order valence-corrected chi connectivity index (χ4v) is 13.6. The highest BCUT2D eigenvalue weighted by Crippen LogP contribution is 2.43. The molecule has 0 aromatic carbocycles. The van der Waals surface area contributed by atoms with Crippen LogP contribution in [0.5, 0.6) is 0 Å². The molecule has 2 atom stereocenters. The minimum absolute atomic E-state index is 0.294. The molecule has 0 aliphatic heterocycles. The summed E-state index contributed by atoms with van der Waals surface area (Å²) in [6, 6.07) is 3.23. The minimum atomic E-state index is -2.64. The molecule has 0 fully saturated rings. The molecule has 130 valence electrons. The first-order valence-corrected chi connectivity index (χ1v) is 13.4. The minimum Gasteiger partial charge on any atom is -0.491 e. The number of carbonyl (C=O) groups is 1. The molecule has 5 heteroatoms. The van der Waals surface area contributed by atoms with E-state index in [1.54, 1.807) is 0 Å². The van der Waals surface area contributed by atoms with Crippen molar-refractivity contribution in [1.82, 2.24) is 0 Å². The average molecular weight is 345 g/mol. The molecule has 0 amide bonds. The molecule has 0 saturated heterocycles. The van der Waals surface area contributed by atoms with Crippen molar-refractivity contribution in [3.63, 3.8) is 0 Å². The molecule has 0 radical (unpaired) electrons.